The fourth-order valence-electron chi connectivity index (χ4n) is 3.50. The van der Waals surface area contributed by atoms with E-state index in [4.69, 9.17) is 4.74 Å². The highest BCUT2D eigenvalue weighted by molar-refractivity contribution is 5.60. The second-order valence-electron chi connectivity index (χ2n) is 6.95. The topological polar surface area (TPSA) is 53.5 Å². The summed E-state index contributed by atoms with van der Waals surface area (Å²) in [7, 11) is 1.69. The van der Waals surface area contributed by atoms with E-state index in [9.17, 15) is 4.39 Å². The van der Waals surface area contributed by atoms with Gasteiger partial charge in [0.15, 0.2) is 0 Å². The number of halogens is 1. The Balaban J connectivity index is 1.48. The van der Waals surface area contributed by atoms with Gasteiger partial charge in [0.2, 0.25) is 5.95 Å². The first-order chi connectivity index (χ1) is 14.1. The van der Waals surface area contributed by atoms with E-state index in [-0.39, 0.29) is 5.82 Å². The summed E-state index contributed by atoms with van der Waals surface area (Å²) in [5.41, 5.74) is 2.33. The van der Waals surface area contributed by atoms with Crippen LogP contribution >= 0.6 is 0 Å². The van der Waals surface area contributed by atoms with Gasteiger partial charge in [-0.2, -0.15) is 4.98 Å². The zero-order valence-corrected chi connectivity index (χ0v) is 16.6. The molecule has 3 aromatic rings. The predicted molar refractivity (Wildman–Crippen MR) is 114 cm³/mol. The lowest BCUT2D eigenvalue weighted by Crippen LogP contribution is -2.47. The molecule has 6 nitrogen and oxygen atoms in total. The van der Waals surface area contributed by atoms with Gasteiger partial charge in [-0.1, -0.05) is 24.3 Å². The lowest BCUT2D eigenvalue weighted by molar-refractivity contribution is 0.413. The normalized spacial score (nSPS) is 14.0. The largest absolute Gasteiger partial charge is 0.495 e. The number of aromatic nitrogens is 2. The van der Waals surface area contributed by atoms with Crippen LogP contribution in [0.3, 0.4) is 0 Å². The number of piperazine rings is 1. The number of anilines is 4. The van der Waals surface area contributed by atoms with E-state index < -0.39 is 0 Å². The van der Waals surface area contributed by atoms with Crippen molar-refractivity contribution in [2.24, 2.45) is 0 Å². The van der Waals surface area contributed by atoms with Gasteiger partial charge in [-0.05, 0) is 31.2 Å². The summed E-state index contributed by atoms with van der Waals surface area (Å²) < 4.78 is 19.5. The third-order valence-electron chi connectivity index (χ3n) is 4.97. The quantitative estimate of drug-likeness (QED) is 0.707. The second kappa shape index (κ2) is 8.34. The molecule has 0 radical (unpaired) electrons. The number of ether oxygens (including phenoxy) is 1. The summed E-state index contributed by atoms with van der Waals surface area (Å²) in [5, 5.41) is 3.06. The molecule has 2 heterocycles. The number of hydrogen-bond donors (Lipinski definition) is 1. The third-order valence-corrected chi connectivity index (χ3v) is 4.97. The molecule has 2 aromatic carbocycles. The van der Waals surface area contributed by atoms with Crippen LogP contribution in [0.2, 0.25) is 0 Å². The Hall–Kier alpha value is -3.35. The van der Waals surface area contributed by atoms with Crippen LogP contribution in [0.5, 0.6) is 5.75 Å². The number of methoxy groups -OCH3 is 1. The Morgan fingerprint density at radius 1 is 0.931 bits per heavy atom. The van der Waals surface area contributed by atoms with Crippen LogP contribution in [0.4, 0.5) is 27.5 Å². The van der Waals surface area contributed by atoms with E-state index in [1.807, 2.05) is 31.2 Å². The van der Waals surface area contributed by atoms with Gasteiger partial charge in [0.1, 0.15) is 17.4 Å². The molecule has 0 spiro atoms. The first kappa shape index (κ1) is 19.0. The molecule has 0 bridgehead atoms. The molecule has 1 saturated heterocycles. The number of rotatable bonds is 5. The van der Waals surface area contributed by atoms with E-state index in [2.05, 4.69) is 31.2 Å². The first-order valence-electron chi connectivity index (χ1n) is 9.64. The highest BCUT2D eigenvalue weighted by Gasteiger charge is 2.21. The van der Waals surface area contributed by atoms with Crippen molar-refractivity contribution in [3.63, 3.8) is 0 Å². The van der Waals surface area contributed by atoms with Crippen LogP contribution in [0.25, 0.3) is 0 Å². The Labute approximate surface area is 170 Å². The molecule has 1 fully saturated rings. The molecule has 0 amide bonds. The van der Waals surface area contributed by atoms with Gasteiger partial charge in [-0.25, -0.2) is 9.37 Å². The van der Waals surface area contributed by atoms with Gasteiger partial charge >= 0.3 is 0 Å². The molecule has 1 aromatic heterocycles. The van der Waals surface area contributed by atoms with Crippen LogP contribution in [0, 0.1) is 12.7 Å². The number of benzene rings is 2. The molecule has 7 heteroatoms. The summed E-state index contributed by atoms with van der Waals surface area (Å²) in [6, 6.07) is 16.4. The van der Waals surface area contributed by atoms with Crippen LogP contribution in [-0.2, 0) is 0 Å². The fraction of sp³-hybridized carbons (Fsp3) is 0.273. The molecule has 0 saturated carbocycles. The van der Waals surface area contributed by atoms with Crippen molar-refractivity contribution in [2.45, 2.75) is 6.92 Å². The predicted octanol–water partition coefficient (Wildman–Crippen LogP) is 4.00. The Morgan fingerprint density at radius 3 is 2.38 bits per heavy atom. The van der Waals surface area contributed by atoms with Crippen molar-refractivity contribution in [1.82, 2.24) is 9.97 Å². The van der Waals surface area contributed by atoms with Crippen molar-refractivity contribution in [3.05, 3.63) is 66.1 Å². The monoisotopic (exact) mass is 393 g/mol. The molecule has 0 aliphatic carbocycles. The summed E-state index contributed by atoms with van der Waals surface area (Å²) >= 11 is 0. The van der Waals surface area contributed by atoms with Crippen molar-refractivity contribution < 1.29 is 9.13 Å². The Morgan fingerprint density at radius 2 is 1.62 bits per heavy atom. The average Bonchev–Trinajstić information content (AvgIpc) is 2.75. The molecule has 29 heavy (non-hydrogen) atoms. The molecule has 0 unspecified atom stereocenters. The van der Waals surface area contributed by atoms with E-state index in [1.165, 1.54) is 6.07 Å². The average molecular weight is 393 g/mol. The minimum Gasteiger partial charge on any atom is -0.495 e. The van der Waals surface area contributed by atoms with Crippen molar-refractivity contribution in [3.8, 4) is 5.75 Å². The first-order valence-corrected chi connectivity index (χ1v) is 9.64. The van der Waals surface area contributed by atoms with Gasteiger partial charge < -0.3 is 19.9 Å². The lowest BCUT2D eigenvalue weighted by Gasteiger charge is -2.36. The molecule has 1 aliphatic heterocycles. The number of para-hydroxylation sites is 3. The smallest absolute Gasteiger partial charge is 0.227 e. The molecule has 0 atom stereocenters. The number of nitrogens with one attached hydrogen (secondary N) is 1. The SMILES string of the molecule is COc1ccccc1N1CCN(c2nc(C)cc(Nc3ccccc3F)n2)CC1. The zero-order valence-electron chi connectivity index (χ0n) is 16.6. The van der Waals surface area contributed by atoms with Crippen molar-refractivity contribution in [2.75, 3.05) is 48.4 Å². The van der Waals surface area contributed by atoms with Crippen molar-refractivity contribution >= 4 is 23.1 Å². The highest BCUT2D eigenvalue weighted by Crippen LogP contribution is 2.29. The second-order valence-corrected chi connectivity index (χ2v) is 6.95. The molecule has 150 valence electrons. The summed E-state index contributed by atoms with van der Waals surface area (Å²) in [6.45, 7) is 5.19. The van der Waals surface area contributed by atoms with E-state index >= 15 is 0 Å². The van der Waals surface area contributed by atoms with Crippen LogP contribution in [0.15, 0.2) is 54.6 Å². The van der Waals surface area contributed by atoms with Crippen molar-refractivity contribution in [1.29, 1.82) is 0 Å². The number of aryl methyl sites for hydroxylation is 1. The number of hydrogen-bond acceptors (Lipinski definition) is 6. The minimum atomic E-state index is -0.310. The van der Waals surface area contributed by atoms with Gasteiger partial charge in [-0.15, -0.1) is 0 Å². The van der Waals surface area contributed by atoms with E-state index in [0.29, 0.717) is 17.5 Å². The Kier molecular flexibility index (Phi) is 5.46. The van der Waals surface area contributed by atoms with Gasteiger partial charge in [0, 0.05) is 37.9 Å². The maximum atomic E-state index is 14.0. The third kappa shape index (κ3) is 4.23. The maximum absolute atomic E-state index is 14.0. The zero-order chi connectivity index (χ0) is 20.2. The lowest BCUT2D eigenvalue weighted by atomic mass is 10.2. The molecular formula is C22H24FN5O. The summed E-state index contributed by atoms with van der Waals surface area (Å²) in [5.74, 6) is 1.81. The highest BCUT2D eigenvalue weighted by atomic mass is 19.1. The van der Waals surface area contributed by atoms with Crippen LogP contribution in [-0.4, -0.2) is 43.3 Å². The Bertz CT molecular complexity index is 988. The van der Waals surface area contributed by atoms with Gasteiger partial charge in [0.25, 0.3) is 0 Å². The molecule has 1 aliphatic rings. The summed E-state index contributed by atoms with van der Waals surface area (Å²) in [6.07, 6.45) is 0. The molecule has 1 N–H and O–H groups in total. The fourth-order valence-corrected chi connectivity index (χ4v) is 3.50. The maximum Gasteiger partial charge on any atom is 0.227 e. The van der Waals surface area contributed by atoms with Crippen LogP contribution in [0.1, 0.15) is 5.69 Å². The number of nitrogens with zero attached hydrogens (tertiary/aromatic N) is 4. The summed E-state index contributed by atoms with van der Waals surface area (Å²) in [4.78, 5) is 13.7. The molecular weight excluding hydrogens is 369 g/mol. The van der Waals surface area contributed by atoms with Gasteiger partial charge in [0.05, 0.1) is 18.5 Å². The van der Waals surface area contributed by atoms with E-state index in [1.54, 1.807) is 25.3 Å². The minimum absolute atomic E-state index is 0.310. The van der Waals surface area contributed by atoms with Gasteiger partial charge in [-0.3, -0.25) is 0 Å². The molecule has 4 rings (SSSR count). The van der Waals surface area contributed by atoms with Crippen LogP contribution < -0.4 is 19.9 Å². The van der Waals surface area contributed by atoms with E-state index in [0.717, 1.165) is 43.3 Å². The standard InChI is InChI=1S/C22H24FN5O/c1-16-15-21(25-18-8-4-3-7-17(18)23)26-22(24-16)28-13-11-27(12-14-28)19-9-5-6-10-20(19)29-2/h3-10,15H,11-14H2,1-2H3,(H,24,25,26).